The number of amides is 4. The van der Waals surface area contributed by atoms with Gasteiger partial charge in [0, 0.05) is 100 Å². The summed E-state index contributed by atoms with van der Waals surface area (Å²) >= 11 is 0. The Hall–Kier alpha value is -5.57. The number of anilines is 1. The van der Waals surface area contributed by atoms with Gasteiger partial charge in [0.25, 0.3) is 17.7 Å². The van der Waals surface area contributed by atoms with Gasteiger partial charge in [-0.25, -0.2) is 9.82 Å². The van der Waals surface area contributed by atoms with Crippen LogP contribution in [0.5, 0.6) is 0 Å². The minimum atomic E-state index is -2.32. The maximum Gasteiger partial charge on any atom is 0.324 e. The Balaban J connectivity index is 1.18. The van der Waals surface area contributed by atoms with Gasteiger partial charge in [-0.05, 0) is 134 Å². The van der Waals surface area contributed by atoms with E-state index in [1.54, 1.807) is 27.2 Å². The van der Waals surface area contributed by atoms with Crippen molar-refractivity contribution >= 4 is 46.2 Å². The molecule has 17 heteroatoms. The van der Waals surface area contributed by atoms with Crippen LogP contribution in [0.25, 0.3) is 22.2 Å². The molecule has 3 fully saturated rings. The zero-order valence-electron chi connectivity index (χ0n) is 45.4. The van der Waals surface area contributed by atoms with E-state index in [4.69, 9.17) is 14.5 Å². The lowest BCUT2D eigenvalue weighted by molar-refractivity contribution is -0.156. The van der Waals surface area contributed by atoms with Crippen LogP contribution in [-0.2, 0) is 46.4 Å². The van der Waals surface area contributed by atoms with Crippen molar-refractivity contribution in [1.82, 2.24) is 40.0 Å². The van der Waals surface area contributed by atoms with E-state index in [-0.39, 0.29) is 44.6 Å². The van der Waals surface area contributed by atoms with Gasteiger partial charge in [-0.3, -0.25) is 38.9 Å². The Labute approximate surface area is 432 Å². The summed E-state index contributed by atoms with van der Waals surface area (Å²) in [6.07, 6.45) is 4.60. The molecule has 0 saturated carbocycles. The number of carbonyl (C=O) groups excluding carboxylic acids is 5. The Morgan fingerprint density at radius 1 is 1.04 bits per heavy atom. The Bertz CT molecular complexity index is 2590. The molecule has 2 N–H and O–H groups in total. The van der Waals surface area contributed by atoms with Crippen molar-refractivity contribution in [3.05, 3.63) is 47.8 Å². The molecule has 5 atom stereocenters. The summed E-state index contributed by atoms with van der Waals surface area (Å²) in [5, 5.41) is 5.61. The molecule has 0 spiro atoms. The summed E-state index contributed by atoms with van der Waals surface area (Å²) in [6.45, 7) is 18.3. The largest absolute Gasteiger partial charge is 0.464 e. The number of esters is 1. The first-order chi connectivity index (χ1) is 34.5. The van der Waals surface area contributed by atoms with E-state index < -0.39 is 70.3 Å². The standard InChI is InChI=1S/C56H80FN9O7/c1-13-65-45-21-20-39-32-41(45)42(49(65)40-18-14-26-58-47(40)37(4)72-12)33-54(5,6)35-73-52(70)43-19-16-28-66(60-43)51(69)44(31-38-17-15-27-64(39)34-38)59-50(68)48(36(2)3)62(11)53(71)56(57)24-29-63(30-25-56)46(67)22-23-55(7,8)61(9)10/h14,18,20-21,26,32,36-38,43-44,48,60H,13,15-17,19,24-25,27-31,33-35H2,1-12H3,(H,59,68)/t37-,38-,43-,44-,48?/m0/s1. The number of ether oxygens (including phenoxy) is 2. The minimum absolute atomic E-state index is 0.00333. The molecule has 3 saturated heterocycles. The highest BCUT2D eigenvalue weighted by atomic mass is 19.1. The highest BCUT2D eigenvalue weighted by molar-refractivity contribution is 5.97. The van der Waals surface area contributed by atoms with Crippen LogP contribution in [0.15, 0.2) is 36.5 Å². The minimum Gasteiger partial charge on any atom is -0.464 e. The smallest absolute Gasteiger partial charge is 0.324 e. The van der Waals surface area contributed by atoms with Crippen molar-refractivity contribution in [1.29, 1.82) is 0 Å². The van der Waals surface area contributed by atoms with Crippen LogP contribution in [0, 0.1) is 29.1 Å². The molecule has 0 radical (unpaired) electrons. The van der Waals surface area contributed by atoms with Crippen LogP contribution >= 0.6 is 0 Å². The maximum atomic E-state index is 16.8. The van der Waals surface area contributed by atoms with E-state index in [0.717, 1.165) is 58.5 Å². The molecule has 0 aliphatic carbocycles. The number of carbonyl (C=O) groups is 5. The summed E-state index contributed by atoms with van der Waals surface area (Å²) in [4.78, 5) is 82.5. The Kier molecular flexibility index (Phi) is 17.0. The average molecular weight is 1010 g/mol. The van der Waals surface area contributed by atoms with Gasteiger partial charge >= 0.3 is 5.97 Å². The third-order valence-corrected chi connectivity index (χ3v) is 15.8. The van der Waals surface area contributed by atoms with E-state index >= 15 is 4.39 Å². The number of rotatable bonds is 10. The lowest BCUT2D eigenvalue weighted by Crippen LogP contribution is -2.63. The van der Waals surface area contributed by atoms with E-state index in [2.05, 4.69) is 77.1 Å². The second-order valence-electron chi connectivity index (χ2n) is 22.7. The molecule has 2 aromatic heterocycles. The van der Waals surface area contributed by atoms with Gasteiger partial charge in [0.1, 0.15) is 18.1 Å². The van der Waals surface area contributed by atoms with Crippen LogP contribution in [0.4, 0.5) is 10.1 Å². The van der Waals surface area contributed by atoms with Crippen LogP contribution in [0.2, 0.25) is 0 Å². The number of benzene rings is 1. The monoisotopic (exact) mass is 1010 g/mol. The van der Waals surface area contributed by atoms with Crippen molar-refractivity contribution in [3.8, 4) is 23.1 Å². The van der Waals surface area contributed by atoms with Crippen LogP contribution in [0.1, 0.15) is 118 Å². The molecule has 7 rings (SSSR count). The third-order valence-electron chi connectivity index (χ3n) is 15.8. The quantitative estimate of drug-likeness (QED) is 0.173. The molecule has 73 heavy (non-hydrogen) atoms. The Morgan fingerprint density at radius 3 is 2.42 bits per heavy atom. The molecule has 3 aromatic rings. The molecule has 398 valence electrons. The number of fused-ring (bicyclic) bond motifs is 6. The molecule has 4 amide bonds. The van der Waals surface area contributed by atoms with Gasteiger partial charge in [-0.15, -0.1) is 0 Å². The van der Waals surface area contributed by atoms with E-state index in [0.29, 0.717) is 45.3 Å². The number of aromatic nitrogens is 2. The second kappa shape index (κ2) is 22.5. The number of pyridine rings is 1. The molecular formula is C56H80FN9O7. The van der Waals surface area contributed by atoms with E-state index in [9.17, 15) is 24.0 Å². The normalized spacial score (nSPS) is 22.5. The summed E-state index contributed by atoms with van der Waals surface area (Å²) in [5.74, 6) is 2.49. The fourth-order valence-electron chi connectivity index (χ4n) is 11.0. The second-order valence-corrected chi connectivity index (χ2v) is 22.7. The van der Waals surface area contributed by atoms with Gasteiger partial charge in [0.15, 0.2) is 5.67 Å². The lowest BCUT2D eigenvalue weighted by Gasteiger charge is -2.41. The molecule has 4 aliphatic heterocycles. The zero-order chi connectivity index (χ0) is 53.2. The molecule has 16 nitrogen and oxygen atoms in total. The van der Waals surface area contributed by atoms with Gasteiger partial charge in [-0.1, -0.05) is 33.6 Å². The summed E-state index contributed by atoms with van der Waals surface area (Å²) in [6, 6.07) is 7.75. The van der Waals surface area contributed by atoms with Gasteiger partial charge in [0.05, 0.1) is 29.6 Å². The number of hydrazine groups is 1. The summed E-state index contributed by atoms with van der Waals surface area (Å²) in [5.41, 5.74) is 5.95. The molecule has 6 heterocycles. The first kappa shape index (κ1) is 55.2. The number of aryl methyl sites for hydroxylation is 1. The SMILES string of the molecule is CCn1c(-c2cccnc2[C@H](C)OC)c2c3cc(ccc31)N1CCC[C@@H](C[C@H](NC(=O)C(C(C)C)N(C)C(=O)C3(F)CCN(C(=O)C#CC(C)(C)N(C)C)CC3)C(=O)N3CCC[C@H](N3)C(=O)OCC(C)(C)C2)C1. The third kappa shape index (κ3) is 12.0. The highest BCUT2D eigenvalue weighted by Crippen LogP contribution is 2.42. The fourth-order valence-corrected chi connectivity index (χ4v) is 11.0. The first-order valence-corrected chi connectivity index (χ1v) is 26.4. The van der Waals surface area contributed by atoms with Crippen molar-refractivity contribution < 1.29 is 37.8 Å². The molecule has 6 bridgehead atoms. The summed E-state index contributed by atoms with van der Waals surface area (Å²) < 4.78 is 31.1. The van der Waals surface area contributed by atoms with Crippen molar-refractivity contribution in [2.45, 2.75) is 149 Å². The number of cyclic esters (lactones) is 1. The number of nitrogens with one attached hydrogen (secondary N) is 2. The van der Waals surface area contributed by atoms with Gasteiger partial charge < -0.3 is 34.1 Å². The Morgan fingerprint density at radius 2 is 1.75 bits per heavy atom. The molecule has 1 aromatic carbocycles. The predicted octanol–water partition coefficient (Wildman–Crippen LogP) is 6.30. The summed E-state index contributed by atoms with van der Waals surface area (Å²) in [7, 11) is 6.87. The van der Waals surface area contributed by atoms with Crippen molar-refractivity contribution in [2.24, 2.45) is 17.3 Å². The maximum absolute atomic E-state index is 16.8. The number of hydrogen-bond donors (Lipinski definition) is 2. The lowest BCUT2D eigenvalue weighted by atomic mass is 9.84. The van der Waals surface area contributed by atoms with Crippen LogP contribution in [-0.4, -0.2) is 156 Å². The van der Waals surface area contributed by atoms with E-state index in [1.807, 2.05) is 45.8 Å². The van der Waals surface area contributed by atoms with Crippen molar-refractivity contribution in [2.75, 3.05) is 72.5 Å². The number of alkyl halides is 1. The van der Waals surface area contributed by atoms with Gasteiger partial charge in [0.2, 0.25) is 5.91 Å². The number of likely N-dealkylation sites (tertiary alicyclic amines) is 1. The molecule has 1 unspecified atom stereocenters. The number of hydrogen-bond acceptors (Lipinski definition) is 11. The zero-order valence-corrected chi connectivity index (χ0v) is 45.4. The first-order valence-electron chi connectivity index (χ1n) is 26.4. The number of piperidine rings is 2. The molecular weight excluding hydrogens is 930 g/mol. The van der Waals surface area contributed by atoms with Crippen LogP contribution < -0.4 is 15.6 Å². The van der Waals surface area contributed by atoms with E-state index in [1.165, 1.54) is 21.9 Å². The predicted molar refractivity (Wildman–Crippen MR) is 281 cm³/mol. The molecule has 4 aliphatic rings. The fraction of sp³-hybridized carbons (Fsp3) is 0.643. The number of methoxy groups -OCH3 is 1. The number of halogens is 1. The average Bonchev–Trinajstić information content (AvgIpc) is 3.67. The van der Waals surface area contributed by atoms with Crippen LogP contribution in [0.3, 0.4) is 0 Å². The van der Waals surface area contributed by atoms with Crippen molar-refractivity contribution in [3.63, 3.8) is 0 Å². The van der Waals surface area contributed by atoms with Gasteiger partial charge in [-0.2, -0.15) is 0 Å². The number of likely N-dealkylation sites (N-methyl/N-ethyl adjacent to an activating group) is 1. The highest BCUT2D eigenvalue weighted by Gasteiger charge is 2.48. The number of nitrogens with zero attached hydrogens (tertiary/aromatic N) is 7. The topological polar surface area (TPSA) is 162 Å².